The number of H-pyrrole nitrogens is 1. The third-order valence-electron chi connectivity index (χ3n) is 4.48. The van der Waals surface area contributed by atoms with Crippen LogP contribution in [0.2, 0.25) is 0 Å². The van der Waals surface area contributed by atoms with E-state index in [1.54, 1.807) is 24.3 Å². The zero-order valence-corrected chi connectivity index (χ0v) is 15.2. The normalized spacial score (nSPS) is 12.9. The predicted octanol–water partition coefficient (Wildman–Crippen LogP) is 2.79. The molecular formula is C21H19N3O3. The van der Waals surface area contributed by atoms with Gasteiger partial charge in [-0.2, -0.15) is 0 Å². The van der Waals surface area contributed by atoms with Gasteiger partial charge in [-0.05, 0) is 26.2 Å². The zero-order chi connectivity index (χ0) is 19.0. The molecule has 0 saturated carbocycles. The fourth-order valence-corrected chi connectivity index (χ4v) is 3.06. The molecule has 2 aromatic carbocycles. The molecule has 0 unspecified atom stereocenters. The van der Waals surface area contributed by atoms with Crippen molar-refractivity contribution >= 4 is 11.6 Å². The number of hydrogen-bond donors (Lipinski definition) is 1. The fourth-order valence-electron chi connectivity index (χ4n) is 3.06. The summed E-state index contributed by atoms with van der Waals surface area (Å²) in [6.45, 7) is 1.37. The van der Waals surface area contributed by atoms with E-state index in [-0.39, 0.29) is 23.0 Å². The molecule has 0 fully saturated rings. The van der Waals surface area contributed by atoms with E-state index in [0.29, 0.717) is 29.3 Å². The lowest BCUT2D eigenvalue weighted by Gasteiger charge is -2.11. The molecule has 0 atom stereocenters. The summed E-state index contributed by atoms with van der Waals surface area (Å²) in [4.78, 5) is 34.9. The number of nitrogens with zero attached hydrogens (tertiary/aromatic N) is 2. The van der Waals surface area contributed by atoms with Crippen LogP contribution in [0.25, 0.3) is 11.4 Å². The van der Waals surface area contributed by atoms with Gasteiger partial charge in [-0.3, -0.25) is 9.59 Å². The summed E-state index contributed by atoms with van der Waals surface area (Å²) in [5.74, 6) is 0.746. The first-order valence-electron chi connectivity index (χ1n) is 8.71. The van der Waals surface area contributed by atoms with Gasteiger partial charge in [-0.25, -0.2) is 4.98 Å². The number of aromatic amines is 1. The second kappa shape index (κ2) is 6.81. The van der Waals surface area contributed by atoms with Crippen molar-refractivity contribution in [2.45, 2.75) is 0 Å². The number of benzene rings is 2. The monoisotopic (exact) mass is 361 g/mol. The van der Waals surface area contributed by atoms with Crippen LogP contribution in [-0.4, -0.2) is 53.7 Å². The van der Waals surface area contributed by atoms with E-state index in [2.05, 4.69) is 9.97 Å². The van der Waals surface area contributed by atoms with Crippen LogP contribution in [0.4, 0.5) is 0 Å². The van der Waals surface area contributed by atoms with Gasteiger partial charge in [0, 0.05) is 23.2 Å². The molecule has 1 aromatic heterocycles. The first kappa shape index (κ1) is 17.2. The number of carbonyl (C=O) groups excluding carboxylic acids is 2. The van der Waals surface area contributed by atoms with Crippen LogP contribution in [0.1, 0.15) is 32.1 Å². The molecule has 1 N–H and O–H groups in total. The number of hydrogen-bond acceptors (Lipinski definition) is 5. The van der Waals surface area contributed by atoms with Crippen LogP contribution < -0.4 is 4.74 Å². The van der Waals surface area contributed by atoms with Crippen molar-refractivity contribution < 1.29 is 14.3 Å². The van der Waals surface area contributed by atoms with Gasteiger partial charge in [0.1, 0.15) is 29.6 Å². The molecule has 6 heteroatoms. The van der Waals surface area contributed by atoms with Gasteiger partial charge in [0.2, 0.25) is 11.6 Å². The van der Waals surface area contributed by atoms with Gasteiger partial charge >= 0.3 is 0 Å². The van der Waals surface area contributed by atoms with Crippen molar-refractivity contribution in [3.63, 3.8) is 0 Å². The van der Waals surface area contributed by atoms with Crippen LogP contribution in [0, 0.1) is 0 Å². The van der Waals surface area contributed by atoms with E-state index in [4.69, 9.17) is 4.74 Å². The van der Waals surface area contributed by atoms with Crippen LogP contribution in [0.3, 0.4) is 0 Å². The maximum atomic E-state index is 12.7. The van der Waals surface area contributed by atoms with Crippen LogP contribution in [0.5, 0.6) is 5.75 Å². The summed E-state index contributed by atoms with van der Waals surface area (Å²) in [5, 5.41) is 0. The molecule has 1 aliphatic carbocycles. The molecule has 1 aliphatic rings. The summed E-state index contributed by atoms with van der Waals surface area (Å²) >= 11 is 0. The van der Waals surface area contributed by atoms with Gasteiger partial charge < -0.3 is 14.6 Å². The Bertz CT molecular complexity index is 984. The molecule has 6 nitrogen and oxygen atoms in total. The lowest BCUT2D eigenvalue weighted by Crippen LogP contribution is -2.20. The highest BCUT2D eigenvalue weighted by atomic mass is 16.5. The van der Waals surface area contributed by atoms with Gasteiger partial charge in [0.25, 0.3) is 0 Å². The van der Waals surface area contributed by atoms with E-state index < -0.39 is 0 Å². The van der Waals surface area contributed by atoms with Crippen molar-refractivity contribution in [2.75, 3.05) is 27.2 Å². The van der Waals surface area contributed by atoms with Crippen molar-refractivity contribution in [1.82, 2.24) is 14.9 Å². The molecule has 136 valence electrons. The lowest BCUT2D eigenvalue weighted by molar-refractivity contribution is 0.0974. The molecule has 0 radical (unpaired) electrons. The minimum Gasteiger partial charge on any atom is -0.492 e. The second-order valence-electron chi connectivity index (χ2n) is 6.69. The molecule has 0 aliphatic heterocycles. The number of imidazole rings is 1. The maximum Gasteiger partial charge on any atom is 0.214 e. The number of ether oxygens (including phenoxy) is 1. The Morgan fingerprint density at radius 2 is 1.74 bits per heavy atom. The van der Waals surface area contributed by atoms with Crippen molar-refractivity contribution in [1.29, 1.82) is 0 Å². The molecule has 0 amide bonds. The topological polar surface area (TPSA) is 75.3 Å². The third-order valence-corrected chi connectivity index (χ3v) is 4.48. The fraction of sp³-hybridized carbons (Fsp3) is 0.190. The number of fused-ring (bicyclic) bond motifs is 2. The molecule has 27 heavy (non-hydrogen) atoms. The Balaban J connectivity index is 1.66. The standard InChI is InChI=1S/C21H19N3O3/c1-24(2)10-11-27-14-7-5-6-13(12-14)21-22-17-18(23-21)20(26)16-9-4-3-8-15(16)19(17)25/h3-9,12H,10-11H2,1-2H3,(H,22,23). The quantitative estimate of drug-likeness (QED) is 0.592. The largest absolute Gasteiger partial charge is 0.492 e. The number of rotatable bonds is 5. The van der Waals surface area contributed by atoms with Crippen LogP contribution in [-0.2, 0) is 0 Å². The Hall–Kier alpha value is -3.25. The van der Waals surface area contributed by atoms with Crippen molar-refractivity contribution in [3.05, 3.63) is 71.0 Å². The van der Waals surface area contributed by atoms with E-state index in [9.17, 15) is 9.59 Å². The number of nitrogens with one attached hydrogen (secondary N) is 1. The lowest BCUT2D eigenvalue weighted by atomic mass is 9.90. The minimum atomic E-state index is -0.235. The smallest absolute Gasteiger partial charge is 0.214 e. The zero-order valence-electron chi connectivity index (χ0n) is 15.2. The summed E-state index contributed by atoms with van der Waals surface area (Å²) < 4.78 is 5.76. The maximum absolute atomic E-state index is 12.7. The van der Waals surface area contributed by atoms with Crippen molar-refractivity contribution in [3.8, 4) is 17.1 Å². The molecule has 1 heterocycles. The highest BCUT2D eigenvalue weighted by Gasteiger charge is 2.33. The Morgan fingerprint density at radius 1 is 1.00 bits per heavy atom. The van der Waals surface area contributed by atoms with Crippen molar-refractivity contribution in [2.24, 2.45) is 0 Å². The molecule has 0 saturated heterocycles. The van der Waals surface area contributed by atoms with Crippen LogP contribution >= 0.6 is 0 Å². The van der Waals surface area contributed by atoms with Gasteiger partial charge in [-0.15, -0.1) is 0 Å². The van der Waals surface area contributed by atoms with Gasteiger partial charge in [0.05, 0.1) is 0 Å². The Labute approximate surface area is 156 Å². The van der Waals surface area contributed by atoms with E-state index in [1.165, 1.54) is 0 Å². The molecule has 0 bridgehead atoms. The van der Waals surface area contributed by atoms with E-state index in [0.717, 1.165) is 12.1 Å². The molecule has 3 aromatic rings. The van der Waals surface area contributed by atoms with Crippen LogP contribution in [0.15, 0.2) is 48.5 Å². The van der Waals surface area contributed by atoms with Gasteiger partial charge in [-0.1, -0.05) is 36.4 Å². The van der Waals surface area contributed by atoms with Gasteiger partial charge in [0.15, 0.2) is 0 Å². The first-order chi connectivity index (χ1) is 13.0. The molecule has 4 rings (SSSR count). The Morgan fingerprint density at radius 3 is 2.48 bits per heavy atom. The number of carbonyl (C=O) groups is 2. The third kappa shape index (κ3) is 3.15. The number of likely N-dealkylation sites (N-methyl/N-ethyl adjacent to an activating group) is 1. The average Bonchev–Trinajstić information content (AvgIpc) is 3.12. The molecular weight excluding hydrogens is 342 g/mol. The van der Waals surface area contributed by atoms with E-state index >= 15 is 0 Å². The molecule has 0 spiro atoms. The summed E-state index contributed by atoms with van der Waals surface area (Å²) in [6, 6.07) is 14.3. The first-order valence-corrected chi connectivity index (χ1v) is 8.71. The average molecular weight is 361 g/mol. The van der Waals surface area contributed by atoms with E-state index in [1.807, 2.05) is 43.3 Å². The SMILES string of the molecule is CN(C)CCOc1cccc(-c2nc3c([nH]2)C(=O)c2ccccc2C3=O)c1. The number of ketones is 2. The Kier molecular flexibility index (Phi) is 4.33. The summed E-state index contributed by atoms with van der Waals surface area (Å²) in [6.07, 6.45) is 0. The number of aromatic nitrogens is 2. The summed E-state index contributed by atoms with van der Waals surface area (Å²) in [7, 11) is 3.97. The highest BCUT2D eigenvalue weighted by Crippen LogP contribution is 2.29. The minimum absolute atomic E-state index is 0.174. The second-order valence-corrected chi connectivity index (χ2v) is 6.69. The summed E-state index contributed by atoms with van der Waals surface area (Å²) in [5.41, 5.74) is 1.98. The predicted molar refractivity (Wildman–Crippen MR) is 101 cm³/mol. The highest BCUT2D eigenvalue weighted by molar-refractivity contribution is 6.27.